The maximum Gasteiger partial charge on any atom is 0.337 e. The molecule has 550 valence electrons. The van der Waals surface area contributed by atoms with E-state index in [4.69, 9.17) is 26.0 Å². The van der Waals surface area contributed by atoms with Gasteiger partial charge in [0.05, 0.1) is 61.6 Å². The van der Waals surface area contributed by atoms with Crippen LogP contribution in [0.4, 0.5) is 14.4 Å². The molecule has 6 saturated heterocycles. The number of ether oxygens (including phenoxy) is 2. The molecule has 0 saturated carbocycles. The zero-order valence-electron chi connectivity index (χ0n) is 59.0. The standard InChI is InChI=1S/C43H67N5O6S2.C21H37N3O2.C10H16N2O3S/c1-54-41(51)32-24-22-31(23-25-32)28-48(26-14-6-2-4-8-16-33(49)18-10-12-20-37-39-35(29-55-37)44-42(52)46-39)27-15-7-3-5-9-17-34(50)19-11-13-21-38-40-36(30-56-38)45-43(53)47-40;1-26-21(25)20-12-10-19(11-13-20)18-24(16-8-4-2-6-14-22)17-9-5-3-7-15-23;13-8(14)4-2-1-3-7-9-6(5-16-7)11-10(15)12-9/h22-25,35-40H,2-21,26-30H2,1H3,(H2,44,46,52)(H2,45,47,53);10-13H,2-9,14-18,22-23H2,1H3;6-7,9H,1-5H2,(H,13,14)(H2,11,12,15). The molecule has 2 aromatic rings. The van der Waals surface area contributed by atoms with E-state index in [-0.39, 0.29) is 72.7 Å². The Balaban J connectivity index is 0.000000294. The van der Waals surface area contributed by atoms with Crippen molar-refractivity contribution in [1.29, 1.82) is 0 Å². The number of thioether (sulfide) groups is 3. The normalized spacial score (nSPS) is 21.7. The molecule has 9 atom stereocenters. The van der Waals surface area contributed by atoms with Crippen LogP contribution in [0, 0.1) is 0 Å². The zero-order chi connectivity index (χ0) is 70.1. The van der Waals surface area contributed by atoms with E-state index in [1.807, 2.05) is 83.8 Å². The van der Waals surface area contributed by atoms with Gasteiger partial charge in [0.1, 0.15) is 11.6 Å². The number of nitrogens with zero attached hydrogens (tertiary/aromatic N) is 2. The number of nitrogens with one attached hydrogen (secondary N) is 6. The Labute approximate surface area is 597 Å². The molecule has 6 amide bonds. The summed E-state index contributed by atoms with van der Waals surface area (Å²) in [7, 11) is 2.81. The average molecular weight is 1420 g/mol. The van der Waals surface area contributed by atoms with Gasteiger partial charge in [-0.05, 0) is 165 Å². The number of rotatable bonds is 49. The Bertz CT molecular complexity index is 2600. The summed E-state index contributed by atoms with van der Waals surface area (Å²) in [6.45, 7) is 7.63. The number of carbonyl (C=O) groups is 8. The summed E-state index contributed by atoms with van der Waals surface area (Å²) >= 11 is 5.75. The van der Waals surface area contributed by atoms with Crippen LogP contribution in [0.5, 0.6) is 0 Å². The van der Waals surface area contributed by atoms with Crippen molar-refractivity contribution in [2.75, 3.05) is 70.7 Å². The predicted molar refractivity (Wildman–Crippen MR) is 396 cm³/mol. The molecule has 0 aliphatic carbocycles. The molecule has 0 aromatic heterocycles. The van der Waals surface area contributed by atoms with Crippen LogP contribution in [0.3, 0.4) is 0 Å². The highest BCUT2D eigenvalue weighted by molar-refractivity contribution is 8.00. The van der Waals surface area contributed by atoms with Gasteiger partial charge >= 0.3 is 36.0 Å². The fourth-order valence-electron chi connectivity index (χ4n) is 14.0. The molecule has 6 aliphatic heterocycles. The van der Waals surface area contributed by atoms with Gasteiger partial charge in [-0.2, -0.15) is 35.3 Å². The van der Waals surface area contributed by atoms with Gasteiger partial charge in [-0.1, -0.05) is 108 Å². The van der Waals surface area contributed by atoms with Crippen LogP contribution in [0.25, 0.3) is 0 Å². The first-order valence-electron chi connectivity index (χ1n) is 37.2. The highest BCUT2D eigenvalue weighted by Crippen LogP contribution is 2.36. The molecule has 6 fully saturated rings. The molecule has 6 heterocycles. The van der Waals surface area contributed by atoms with E-state index in [0.29, 0.717) is 64.1 Å². The lowest BCUT2D eigenvalue weighted by Crippen LogP contribution is -2.36. The molecule has 8 rings (SSSR count). The summed E-state index contributed by atoms with van der Waals surface area (Å²) in [4.78, 5) is 98.1. The monoisotopic (exact) mass is 1420 g/mol. The number of ketones is 2. The number of methoxy groups -OCH3 is 2. The summed E-state index contributed by atoms with van der Waals surface area (Å²) < 4.78 is 9.62. The molecule has 0 spiro atoms. The SMILES string of the molecule is COC(=O)c1ccc(CN(CCCCCCCC(=O)CCCCC2SCC3NC(=O)NC32)CCCCCCCC(=O)CCCCC2SCC3NC(=O)NC32)cc1.COC(=O)c1ccc(CN(CCCCCCN)CCCCCCN)cc1.O=C(O)CCCCC1SCC2NC(=O)NC21. The number of urea groups is 3. The molecule has 2 aromatic carbocycles. The van der Waals surface area contributed by atoms with E-state index in [1.54, 1.807) is 0 Å². The van der Waals surface area contributed by atoms with E-state index < -0.39 is 5.97 Å². The van der Waals surface area contributed by atoms with Crippen molar-refractivity contribution >= 4 is 82.9 Å². The predicted octanol–water partition coefficient (Wildman–Crippen LogP) is 11.7. The van der Waals surface area contributed by atoms with Gasteiger partial charge in [-0.15, -0.1) is 0 Å². The van der Waals surface area contributed by atoms with Crippen molar-refractivity contribution in [1.82, 2.24) is 41.7 Å². The van der Waals surface area contributed by atoms with Crippen LogP contribution in [-0.4, -0.2) is 185 Å². The number of amides is 6. The van der Waals surface area contributed by atoms with Gasteiger partial charge in [0.2, 0.25) is 0 Å². The minimum absolute atomic E-state index is 0.0395. The fraction of sp³-hybridized carbons (Fsp3) is 0.730. The fourth-order valence-corrected chi connectivity index (χ4v) is 18.6. The van der Waals surface area contributed by atoms with Crippen molar-refractivity contribution < 1.29 is 52.9 Å². The number of fused-ring (bicyclic) bond motifs is 3. The Kier molecular flexibility index (Phi) is 40.0. The topological polar surface area (TPSA) is 306 Å². The summed E-state index contributed by atoms with van der Waals surface area (Å²) in [5.74, 6) is 2.37. The third kappa shape index (κ3) is 31.4. The molecule has 24 heteroatoms. The largest absolute Gasteiger partial charge is 0.481 e. The second-order valence-electron chi connectivity index (χ2n) is 27.4. The van der Waals surface area contributed by atoms with Crippen LogP contribution in [0.2, 0.25) is 0 Å². The number of carbonyl (C=O) groups excluding carboxylic acids is 7. The number of hydrogen-bond donors (Lipinski definition) is 9. The van der Waals surface area contributed by atoms with E-state index in [1.165, 1.54) is 63.9 Å². The summed E-state index contributed by atoms with van der Waals surface area (Å²) in [6, 6.07) is 16.9. The molecule has 0 radical (unpaired) electrons. The number of nitrogens with two attached hydrogens (primary N) is 2. The number of carboxylic acids is 1. The van der Waals surface area contributed by atoms with Crippen molar-refractivity contribution in [2.24, 2.45) is 11.5 Å². The first-order valence-corrected chi connectivity index (χ1v) is 40.3. The molecule has 0 bridgehead atoms. The molecule has 9 unspecified atom stereocenters. The highest BCUT2D eigenvalue weighted by atomic mass is 32.2. The Morgan fingerprint density at radius 3 is 1.00 bits per heavy atom. The second-order valence-corrected chi connectivity index (χ2v) is 31.3. The minimum atomic E-state index is -0.729. The average Bonchev–Trinajstić information content (AvgIpc) is 1.68. The number of hydrogen-bond acceptors (Lipinski definition) is 17. The zero-order valence-corrected chi connectivity index (χ0v) is 61.5. The smallest absolute Gasteiger partial charge is 0.337 e. The molecule has 11 N–H and O–H groups in total. The van der Waals surface area contributed by atoms with Gasteiger partial charge in [0.25, 0.3) is 0 Å². The molecular weight excluding hydrogens is 1300 g/mol. The van der Waals surface area contributed by atoms with Gasteiger partial charge in [-0.3, -0.25) is 24.2 Å². The molecule has 21 nitrogen and oxygen atoms in total. The molecule has 6 aliphatic rings. The van der Waals surface area contributed by atoms with Gasteiger partial charge in [0.15, 0.2) is 0 Å². The van der Waals surface area contributed by atoms with Crippen molar-refractivity contribution in [2.45, 2.75) is 271 Å². The number of unbranched alkanes of at least 4 members (excludes halogenated alkanes) is 17. The first kappa shape index (κ1) is 81.9. The number of benzene rings is 2. The van der Waals surface area contributed by atoms with Crippen molar-refractivity contribution in [3.63, 3.8) is 0 Å². The summed E-state index contributed by atoms with van der Waals surface area (Å²) in [5.41, 5.74) is 14.7. The molecular formula is C74H120N10O11S3. The number of carboxylic acid groups (broad SMARTS) is 1. The van der Waals surface area contributed by atoms with Gasteiger partial charge in [-0.25, -0.2) is 24.0 Å². The lowest BCUT2D eigenvalue weighted by atomic mass is 10.0. The Morgan fingerprint density at radius 1 is 0.408 bits per heavy atom. The van der Waals surface area contributed by atoms with Crippen molar-refractivity contribution in [3.8, 4) is 0 Å². The Hall–Kier alpha value is -5.11. The maximum atomic E-state index is 12.5. The van der Waals surface area contributed by atoms with Gasteiger partial charge < -0.3 is 57.9 Å². The van der Waals surface area contributed by atoms with E-state index >= 15 is 0 Å². The quantitative estimate of drug-likeness (QED) is 0.0169. The van der Waals surface area contributed by atoms with Gasteiger partial charge in [0, 0.05) is 78.2 Å². The maximum absolute atomic E-state index is 12.5. The van der Waals surface area contributed by atoms with Crippen LogP contribution in [-0.2, 0) is 36.9 Å². The summed E-state index contributed by atoms with van der Waals surface area (Å²) in [6.07, 6.45) is 32.3. The third-order valence-electron chi connectivity index (χ3n) is 19.6. The number of aliphatic carboxylic acids is 1. The first-order chi connectivity index (χ1) is 47.7. The van der Waals surface area contributed by atoms with Crippen molar-refractivity contribution in [3.05, 3.63) is 70.8 Å². The number of esters is 2. The lowest BCUT2D eigenvalue weighted by molar-refractivity contribution is -0.137. The van der Waals surface area contributed by atoms with E-state index in [0.717, 1.165) is 204 Å². The lowest BCUT2D eigenvalue weighted by Gasteiger charge is -2.22. The number of Topliss-reactive ketones (excluding diaryl/α,β-unsaturated/α-hetero) is 2. The Morgan fingerprint density at radius 2 is 0.694 bits per heavy atom. The third-order valence-corrected chi connectivity index (χ3v) is 24.1. The van der Waals surface area contributed by atoms with Crippen LogP contribution < -0.4 is 43.4 Å². The van der Waals surface area contributed by atoms with Crippen LogP contribution in [0.1, 0.15) is 237 Å². The minimum Gasteiger partial charge on any atom is -0.481 e. The molecule has 98 heavy (non-hydrogen) atoms. The highest BCUT2D eigenvalue weighted by Gasteiger charge is 2.44. The van der Waals surface area contributed by atoms with E-state index in [2.05, 4.69) is 41.7 Å². The summed E-state index contributed by atoms with van der Waals surface area (Å²) in [5, 5.41) is 27.8. The van der Waals surface area contributed by atoms with E-state index in [9.17, 15) is 38.4 Å². The van der Waals surface area contributed by atoms with Crippen LogP contribution >= 0.6 is 35.3 Å². The van der Waals surface area contributed by atoms with Crippen LogP contribution in [0.15, 0.2) is 48.5 Å². The second kappa shape index (κ2) is 47.9.